The lowest BCUT2D eigenvalue weighted by Gasteiger charge is -2.05. The summed E-state index contributed by atoms with van der Waals surface area (Å²) in [5, 5.41) is 20.1. The Bertz CT molecular complexity index is 789. The van der Waals surface area contributed by atoms with Crippen molar-refractivity contribution in [1.29, 1.82) is 0 Å². The van der Waals surface area contributed by atoms with E-state index in [0.717, 1.165) is 6.92 Å². The molecular weight excluding hydrogens is 335 g/mol. The number of carbonyl (C=O) groups is 1. The molecule has 2 heterocycles. The molecule has 0 saturated heterocycles. The molecule has 1 amide bonds. The number of nitro groups is 1. The molecule has 130 valence electrons. The SMILES string of the molecule is Cc1noc(C)c1NC(=O)Cn1nc(C(F)(F)F)c([N+](=O)[O-])c1C. The van der Waals surface area contributed by atoms with Crippen molar-refractivity contribution >= 4 is 17.3 Å². The van der Waals surface area contributed by atoms with Gasteiger partial charge in [0.05, 0.1) is 4.92 Å². The van der Waals surface area contributed by atoms with Gasteiger partial charge in [0.1, 0.15) is 23.6 Å². The molecule has 0 fully saturated rings. The van der Waals surface area contributed by atoms with Crippen molar-refractivity contribution in [2.45, 2.75) is 33.5 Å². The van der Waals surface area contributed by atoms with Gasteiger partial charge in [-0.05, 0) is 20.8 Å². The molecule has 0 aliphatic rings. The van der Waals surface area contributed by atoms with Crippen LogP contribution in [0.25, 0.3) is 0 Å². The van der Waals surface area contributed by atoms with Crippen LogP contribution in [0.5, 0.6) is 0 Å². The predicted octanol–water partition coefficient (Wildman–Crippen LogP) is 2.36. The average molecular weight is 347 g/mol. The van der Waals surface area contributed by atoms with Crippen LogP contribution >= 0.6 is 0 Å². The van der Waals surface area contributed by atoms with E-state index in [-0.39, 0.29) is 11.4 Å². The van der Waals surface area contributed by atoms with Crippen molar-refractivity contribution in [2.75, 3.05) is 5.32 Å². The number of nitrogens with one attached hydrogen (secondary N) is 1. The van der Waals surface area contributed by atoms with Crippen molar-refractivity contribution in [1.82, 2.24) is 14.9 Å². The van der Waals surface area contributed by atoms with Crippen LogP contribution in [-0.4, -0.2) is 25.8 Å². The first kappa shape index (κ1) is 17.4. The summed E-state index contributed by atoms with van der Waals surface area (Å²) in [5.74, 6) is -0.404. The third kappa shape index (κ3) is 3.21. The van der Waals surface area contributed by atoms with Crippen LogP contribution < -0.4 is 5.32 Å². The van der Waals surface area contributed by atoms with Gasteiger partial charge in [-0.25, -0.2) is 0 Å². The third-order valence-corrected chi connectivity index (χ3v) is 3.22. The summed E-state index contributed by atoms with van der Waals surface area (Å²) < 4.78 is 44.0. The number of carbonyl (C=O) groups excluding carboxylic acids is 1. The maximum absolute atomic E-state index is 12.8. The van der Waals surface area contributed by atoms with Crippen molar-refractivity contribution in [2.24, 2.45) is 0 Å². The fourth-order valence-electron chi connectivity index (χ4n) is 2.08. The van der Waals surface area contributed by atoms with E-state index in [1.807, 2.05) is 0 Å². The zero-order valence-corrected chi connectivity index (χ0v) is 12.8. The zero-order chi connectivity index (χ0) is 18.2. The number of nitrogens with zero attached hydrogens (tertiary/aromatic N) is 4. The molecule has 1 N–H and O–H groups in total. The van der Waals surface area contributed by atoms with Crippen molar-refractivity contribution in [3.63, 3.8) is 0 Å². The Morgan fingerprint density at radius 1 is 1.38 bits per heavy atom. The smallest absolute Gasteiger partial charge is 0.359 e. The normalized spacial score (nSPS) is 11.6. The summed E-state index contributed by atoms with van der Waals surface area (Å²) in [6.07, 6.45) is -5.00. The van der Waals surface area contributed by atoms with E-state index in [0.29, 0.717) is 16.1 Å². The number of hydrogen-bond donors (Lipinski definition) is 1. The number of anilines is 1. The Morgan fingerprint density at radius 3 is 2.42 bits per heavy atom. The number of amides is 1. The van der Waals surface area contributed by atoms with Crippen LogP contribution in [0.3, 0.4) is 0 Å². The molecule has 9 nitrogen and oxygen atoms in total. The summed E-state index contributed by atoms with van der Waals surface area (Å²) in [5.41, 5.74) is -2.51. The Labute approximate surface area is 132 Å². The summed E-state index contributed by atoms with van der Waals surface area (Å²) in [7, 11) is 0. The average Bonchev–Trinajstić information content (AvgIpc) is 2.93. The molecule has 0 aromatic carbocycles. The standard InChI is InChI=1S/C12H12F3N5O4/c1-5-9(7(3)24-18-5)16-8(21)4-19-6(2)10(20(22)23)11(17-19)12(13,14)15/h4H2,1-3H3,(H,16,21). The molecule has 0 bridgehead atoms. The van der Waals surface area contributed by atoms with Gasteiger partial charge in [0.15, 0.2) is 5.76 Å². The molecule has 0 atom stereocenters. The molecule has 0 saturated carbocycles. The highest BCUT2D eigenvalue weighted by molar-refractivity contribution is 5.91. The van der Waals surface area contributed by atoms with Gasteiger partial charge in [-0.2, -0.15) is 18.3 Å². The van der Waals surface area contributed by atoms with Crippen molar-refractivity contribution < 1.29 is 27.4 Å². The highest BCUT2D eigenvalue weighted by atomic mass is 19.4. The summed E-state index contributed by atoms with van der Waals surface area (Å²) in [6, 6.07) is 0. The molecule has 12 heteroatoms. The maximum Gasteiger partial charge on any atom is 0.442 e. The van der Waals surface area contributed by atoms with E-state index in [4.69, 9.17) is 4.52 Å². The third-order valence-electron chi connectivity index (χ3n) is 3.22. The first-order valence-electron chi connectivity index (χ1n) is 6.54. The van der Waals surface area contributed by atoms with E-state index in [1.165, 1.54) is 0 Å². The van der Waals surface area contributed by atoms with Gasteiger partial charge in [0.25, 0.3) is 0 Å². The molecule has 0 unspecified atom stereocenters. The van der Waals surface area contributed by atoms with E-state index < -0.39 is 34.9 Å². The summed E-state index contributed by atoms with van der Waals surface area (Å²) >= 11 is 0. The van der Waals surface area contributed by atoms with Gasteiger partial charge in [-0.15, -0.1) is 0 Å². The van der Waals surface area contributed by atoms with E-state index >= 15 is 0 Å². The molecule has 2 aromatic rings. The largest absolute Gasteiger partial charge is 0.442 e. The van der Waals surface area contributed by atoms with Gasteiger partial charge >= 0.3 is 11.9 Å². The van der Waals surface area contributed by atoms with Crippen LogP contribution in [0, 0.1) is 30.9 Å². The molecule has 2 aromatic heterocycles. The van der Waals surface area contributed by atoms with Crippen molar-refractivity contribution in [3.05, 3.63) is 33.0 Å². The second-order valence-corrected chi connectivity index (χ2v) is 4.94. The van der Waals surface area contributed by atoms with Gasteiger partial charge in [-0.1, -0.05) is 5.16 Å². The lowest BCUT2D eigenvalue weighted by molar-refractivity contribution is -0.388. The molecule has 0 aliphatic carbocycles. The second-order valence-electron chi connectivity index (χ2n) is 4.94. The first-order chi connectivity index (χ1) is 11.0. The quantitative estimate of drug-likeness (QED) is 0.670. The van der Waals surface area contributed by atoms with E-state index in [2.05, 4.69) is 15.6 Å². The summed E-state index contributed by atoms with van der Waals surface area (Å²) in [4.78, 5) is 21.7. The fraction of sp³-hybridized carbons (Fsp3) is 0.417. The van der Waals surface area contributed by atoms with Crippen LogP contribution in [0.2, 0.25) is 0 Å². The van der Waals surface area contributed by atoms with E-state index in [9.17, 15) is 28.1 Å². The van der Waals surface area contributed by atoms with Crippen LogP contribution in [0.1, 0.15) is 22.8 Å². The first-order valence-corrected chi connectivity index (χ1v) is 6.54. The Kier molecular flexibility index (Phi) is 4.32. The lowest BCUT2D eigenvalue weighted by Crippen LogP contribution is -2.21. The second kappa shape index (κ2) is 5.94. The number of alkyl halides is 3. The number of hydrogen-bond acceptors (Lipinski definition) is 6. The van der Waals surface area contributed by atoms with Crippen LogP contribution in [-0.2, 0) is 17.5 Å². The van der Waals surface area contributed by atoms with Crippen molar-refractivity contribution in [3.8, 4) is 0 Å². The number of halogens is 3. The lowest BCUT2D eigenvalue weighted by atomic mass is 10.3. The molecule has 0 radical (unpaired) electrons. The maximum atomic E-state index is 12.8. The Morgan fingerprint density at radius 2 is 2.00 bits per heavy atom. The molecule has 2 rings (SSSR count). The van der Waals surface area contributed by atoms with Crippen LogP contribution in [0.15, 0.2) is 4.52 Å². The highest BCUT2D eigenvalue weighted by Gasteiger charge is 2.44. The summed E-state index contributed by atoms with van der Waals surface area (Å²) in [6.45, 7) is 3.57. The minimum absolute atomic E-state index is 0.287. The zero-order valence-electron chi connectivity index (χ0n) is 12.8. The van der Waals surface area contributed by atoms with Gasteiger partial charge in [0, 0.05) is 0 Å². The monoisotopic (exact) mass is 347 g/mol. The van der Waals surface area contributed by atoms with Crippen LogP contribution in [0.4, 0.5) is 24.5 Å². The number of aryl methyl sites for hydroxylation is 2. The van der Waals surface area contributed by atoms with E-state index in [1.54, 1.807) is 13.8 Å². The molecule has 24 heavy (non-hydrogen) atoms. The molecule has 0 spiro atoms. The van der Waals surface area contributed by atoms with Gasteiger partial charge in [-0.3, -0.25) is 19.6 Å². The molecule has 0 aliphatic heterocycles. The fourth-order valence-corrected chi connectivity index (χ4v) is 2.08. The Balaban J connectivity index is 2.30. The molecular formula is C12H12F3N5O4. The topological polar surface area (TPSA) is 116 Å². The minimum atomic E-state index is -5.00. The number of aromatic nitrogens is 3. The van der Waals surface area contributed by atoms with Gasteiger partial charge < -0.3 is 9.84 Å². The minimum Gasteiger partial charge on any atom is -0.359 e. The predicted molar refractivity (Wildman–Crippen MR) is 73.2 cm³/mol. The highest BCUT2D eigenvalue weighted by Crippen LogP contribution is 2.36. The number of rotatable bonds is 4. The van der Waals surface area contributed by atoms with Gasteiger partial charge in [0.2, 0.25) is 11.6 Å². The Hall–Kier alpha value is -2.92.